The van der Waals surface area contributed by atoms with Crippen LogP contribution in [0.25, 0.3) is 0 Å². The molecule has 0 fully saturated rings. The van der Waals surface area contributed by atoms with Gasteiger partial charge in [-0.15, -0.1) is 0 Å². The van der Waals surface area contributed by atoms with E-state index >= 15 is 0 Å². The first-order valence-electron chi connectivity index (χ1n) is 6.34. The number of halogens is 1. The van der Waals surface area contributed by atoms with E-state index in [4.69, 9.17) is 11.6 Å². The molecule has 0 aliphatic rings. The Balaban J connectivity index is 2.71. The molecule has 4 heteroatoms. The summed E-state index contributed by atoms with van der Waals surface area (Å²) in [6, 6.07) is 7.47. The fourth-order valence-electron chi connectivity index (χ4n) is 1.74. The highest BCUT2D eigenvalue weighted by Gasteiger charge is 2.17. The highest BCUT2D eigenvalue weighted by atomic mass is 35.5. The van der Waals surface area contributed by atoms with E-state index in [0.717, 1.165) is 12.0 Å². The van der Waals surface area contributed by atoms with Crippen molar-refractivity contribution in [1.82, 2.24) is 10.6 Å². The van der Waals surface area contributed by atoms with Gasteiger partial charge in [0.05, 0.1) is 6.04 Å². The average molecular weight is 269 g/mol. The molecule has 1 unspecified atom stereocenters. The zero-order chi connectivity index (χ0) is 13.5. The van der Waals surface area contributed by atoms with Gasteiger partial charge in [-0.1, -0.05) is 44.5 Å². The van der Waals surface area contributed by atoms with Crippen LogP contribution >= 0.6 is 11.6 Å². The Morgan fingerprint density at radius 1 is 1.28 bits per heavy atom. The smallest absolute Gasteiger partial charge is 0.315 e. The molecule has 2 N–H and O–H groups in total. The molecule has 3 nitrogen and oxygen atoms in total. The minimum Gasteiger partial charge on any atom is -0.338 e. The Morgan fingerprint density at radius 2 is 1.89 bits per heavy atom. The number of rotatable bonds is 5. The largest absolute Gasteiger partial charge is 0.338 e. The predicted octanol–water partition coefficient (Wildman–Crippen LogP) is 3.75. The fraction of sp³-hybridized carbons (Fsp3) is 0.500. The molecule has 1 aromatic rings. The summed E-state index contributed by atoms with van der Waals surface area (Å²) in [4.78, 5) is 11.7. The van der Waals surface area contributed by atoms with E-state index in [-0.39, 0.29) is 12.1 Å². The average Bonchev–Trinajstić information content (AvgIpc) is 2.34. The van der Waals surface area contributed by atoms with E-state index in [1.54, 1.807) is 0 Å². The lowest BCUT2D eigenvalue weighted by Gasteiger charge is -2.23. The first kappa shape index (κ1) is 14.8. The summed E-state index contributed by atoms with van der Waals surface area (Å²) in [6.07, 6.45) is 0.931. The highest BCUT2D eigenvalue weighted by molar-refractivity contribution is 6.30. The van der Waals surface area contributed by atoms with Crippen molar-refractivity contribution in [3.05, 3.63) is 34.9 Å². The molecule has 0 bridgehead atoms. The van der Waals surface area contributed by atoms with Crippen LogP contribution in [0.15, 0.2) is 24.3 Å². The SMILES string of the molecule is CCCNC(=O)NC(c1ccc(Cl)cc1)C(C)C. The molecule has 0 saturated heterocycles. The highest BCUT2D eigenvalue weighted by Crippen LogP contribution is 2.23. The summed E-state index contributed by atoms with van der Waals surface area (Å²) < 4.78 is 0. The van der Waals surface area contributed by atoms with Crippen molar-refractivity contribution in [1.29, 1.82) is 0 Å². The van der Waals surface area contributed by atoms with E-state index in [9.17, 15) is 4.79 Å². The molecule has 18 heavy (non-hydrogen) atoms. The molecular formula is C14H21ClN2O. The van der Waals surface area contributed by atoms with Gasteiger partial charge in [-0.25, -0.2) is 4.79 Å². The lowest BCUT2D eigenvalue weighted by molar-refractivity contribution is 0.233. The van der Waals surface area contributed by atoms with Gasteiger partial charge in [0.25, 0.3) is 0 Å². The Hall–Kier alpha value is -1.22. The van der Waals surface area contributed by atoms with Gasteiger partial charge in [-0.3, -0.25) is 0 Å². The maximum atomic E-state index is 11.7. The Bertz CT molecular complexity index is 376. The van der Waals surface area contributed by atoms with Gasteiger partial charge in [0.15, 0.2) is 0 Å². The molecule has 1 atom stereocenters. The van der Waals surface area contributed by atoms with Crippen molar-refractivity contribution in [3.63, 3.8) is 0 Å². The van der Waals surface area contributed by atoms with Gasteiger partial charge >= 0.3 is 6.03 Å². The quantitative estimate of drug-likeness (QED) is 0.839. The number of carbonyl (C=O) groups excluding carboxylic acids is 1. The Labute approximate surface area is 114 Å². The topological polar surface area (TPSA) is 41.1 Å². The van der Waals surface area contributed by atoms with Crippen LogP contribution in [-0.2, 0) is 0 Å². The number of hydrogen-bond acceptors (Lipinski definition) is 1. The Morgan fingerprint density at radius 3 is 2.39 bits per heavy atom. The van der Waals surface area contributed by atoms with Crippen LogP contribution in [0, 0.1) is 5.92 Å². The van der Waals surface area contributed by atoms with Crippen LogP contribution in [0.5, 0.6) is 0 Å². The fourth-order valence-corrected chi connectivity index (χ4v) is 1.86. The molecule has 1 aromatic carbocycles. The lowest BCUT2D eigenvalue weighted by atomic mass is 9.96. The van der Waals surface area contributed by atoms with Crippen molar-refractivity contribution in [2.45, 2.75) is 33.2 Å². The normalized spacial score (nSPS) is 12.3. The van der Waals surface area contributed by atoms with E-state index in [1.165, 1.54) is 0 Å². The molecule has 0 spiro atoms. The van der Waals surface area contributed by atoms with Crippen molar-refractivity contribution >= 4 is 17.6 Å². The van der Waals surface area contributed by atoms with Crippen LogP contribution in [0.4, 0.5) is 4.79 Å². The number of amides is 2. The van der Waals surface area contributed by atoms with Crippen molar-refractivity contribution in [3.8, 4) is 0 Å². The third-order valence-corrected chi connectivity index (χ3v) is 2.97. The molecule has 1 rings (SSSR count). The summed E-state index contributed by atoms with van der Waals surface area (Å²) in [7, 11) is 0. The molecule has 0 radical (unpaired) electrons. The lowest BCUT2D eigenvalue weighted by Crippen LogP contribution is -2.40. The maximum absolute atomic E-state index is 11.7. The summed E-state index contributed by atoms with van der Waals surface area (Å²) in [5.41, 5.74) is 1.07. The summed E-state index contributed by atoms with van der Waals surface area (Å²) in [5, 5.41) is 6.52. The first-order valence-corrected chi connectivity index (χ1v) is 6.72. The van der Waals surface area contributed by atoms with Crippen molar-refractivity contribution in [2.75, 3.05) is 6.54 Å². The van der Waals surface area contributed by atoms with Crippen LogP contribution < -0.4 is 10.6 Å². The number of urea groups is 1. The second-order valence-electron chi connectivity index (χ2n) is 4.67. The van der Waals surface area contributed by atoms with Crippen LogP contribution in [0.1, 0.15) is 38.8 Å². The second kappa shape index (κ2) is 7.27. The van der Waals surface area contributed by atoms with Crippen LogP contribution in [-0.4, -0.2) is 12.6 Å². The molecule has 0 saturated carbocycles. The number of benzene rings is 1. The summed E-state index contributed by atoms with van der Waals surface area (Å²) >= 11 is 5.87. The molecule has 0 aromatic heterocycles. The maximum Gasteiger partial charge on any atom is 0.315 e. The van der Waals surface area contributed by atoms with Crippen molar-refractivity contribution in [2.24, 2.45) is 5.92 Å². The van der Waals surface area contributed by atoms with Gasteiger partial charge in [-0.2, -0.15) is 0 Å². The van der Waals surface area contributed by atoms with Crippen LogP contribution in [0.3, 0.4) is 0 Å². The van der Waals surface area contributed by atoms with E-state index in [0.29, 0.717) is 17.5 Å². The predicted molar refractivity (Wildman–Crippen MR) is 75.9 cm³/mol. The molecule has 2 amide bonds. The molecule has 0 heterocycles. The Kier molecular flexibility index (Phi) is 5.99. The van der Waals surface area contributed by atoms with E-state index < -0.39 is 0 Å². The van der Waals surface area contributed by atoms with Crippen LogP contribution in [0.2, 0.25) is 5.02 Å². The van der Waals surface area contributed by atoms with Crippen molar-refractivity contribution < 1.29 is 4.79 Å². The molecule has 0 aliphatic carbocycles. The first-order chi connectivity index (χ1) is 8.54. The number of hydrogen-bond donors (Lipinski definition) is 2. The van der Waals surface area contributed by atoms with E-state index in [1.807, 2.05) is 31.2 Å². The van der Waals surface area contributed by atoms with Gasteiger partial charge in [0.2, 0.25) is 0 Å². The van der Waals surface area contributed by atoms with Gasteiger partial charge in [0, 0.05) is 11.6 Å². The zero-order valence-electron chi connectivity index (χ0n) is 11.2. The zero-order valence-corrected chi connectivity index (χ0v) is 11.9. The van der Waals surface area contributed by atoms with Gasteiger partial charge in [0.1, 0.15) is 0 Å². The third kappa shape index (κ3) is 4.57. The van der Waals surface area contributed by atoms with E-state index in [2.05, 4.69) is 24.5 Å². The standard InChI is InChI=1S/C14H21ClN2O/c1-4-9-16-14(18)17-13(10(2)3)11-5-7-12(15)8-6-11/h5-8,10,13H,4,9H2,1-3H3,(H2,16,17,18). The third-order valence-electron chi connectivity index (χ3n) is 2.72. The molecular weight excluding hydrogens is 248 g/mol. The molecule has 100 valence electrons. The van der Waals surface area contributed by atoms with Gasteiger partial charge < -0.3 is 10.6 Å². The minimum atomic E-state index is -0.120. The number of carbonyl (C=O) groups is 1. The summed E-state index contributed by atoms with van der Waals surface area (Å²) in [6.45, 7) is 6.88. The second-order valence-corrected chi connectivity index (χ2v) is 5.11. The summed E-state index contributed by atoms with van der Waals surface area (Å²) in [5.74, 6) is 0.318. The number of nitrogens with one attached hydrogen (secondary N) is 2. The van der Waals surface area contributed by atoms with Gasteiger partial charge in [-0.05, 0) is 30.0 Å². The molecule has 0 aliphatic heterocycles. The minimum absolute atomic E-state index is 0.000812. The monoisotopic (exact) mass is 268 g/mol.